The van der Waals surface area contributed by atoms with Gasteiger partial charge in [-0.25, -0.2) is 13.9 Å². The Bertz CT molecular complexity index is 2680. The average Bonchev–Trinajstić information content (AvgIpc) is 4.16. The van der Waals surface area contributed by atoms with Crippen molar-refractivity contribution >= 4 is 31.4 Å². The Hall–Kier alpha value is -4.67. The van der Waals surface area contributed by atoms with Crippen LogP contribution in [0.1, 0.15) is 139 Å². The molecule has 10 atom stereocenters. The molecule has 77 heavy (non-hydrogen) atoms. The maximum absolute atomic E-state index is 15.0. The van der Waals surface area contributed by atoms with E-state index < -0.39 is 61.4 Å². The fourth-order valence-electron chi connectivity index (χ4n) is 14.2. The molecule has 4 saturated carbocycles. The molecule has 15 nitrogen and oxygen atoms in total. The van der Waals surface area contributed by atoms with Gasteiger partial charge in [0.05, 0.1) is 23.9 Å². The molecule has 0 bridgehead atoms. The maximum atomic E-state index is 15.0. The number of nitrogens with zero attached hydrogens (tertiary/aromatic N) is 1. The van der Waals surface area contributed by atoms with Crippen LogP contribution in [0.4, 0.5) is 0 Å². The minimum atomic E-state index is -4.93. The first-order chi connectivity index (χ1) is 37.1. The molecule has 0 amide bonds. The first kappa shape index (κ1) is 57.0. The number of aliphatic hydroxyl groups is 2. The van der Waals surface area contributed by atoms with E-state index in [2.05, 4.69) is 43.4 Å². The van der Waals surface area contributed by atoms with Crippen molar-refractivity contribution in [2.24, 2.45) is 34.5 Å². The standard InChI is InChI=1S/C61H79N2O13P/c1-59-29-28-48(64)35-47(59)24-25-49-50-36-55-61(60(50,2)37-51(65)57(49)59,75-58(74-55)44-20-9-6-10-21-44)54(67)41-73-56(68)27-22-43-19-15-31-63(39-43)40-46-34-45(23-26-53(46)76-77(69,70)71)52(66)38-62-30-12-3-4-13-32-72-33-14-11-18-42-16-7-5-8-17-42/h5,7-8,15-17,19,22-23,26-29,31,34-35,39,44,49-52,55,57-58,62,65-66H,3-4,6,9-14,18,20-21,24-25,30,32-33,36-38,40-41H2,1-2H3,(H-,69,70,71)/p+1/t49?,50?,51?,52?,55-,57?,58+,59-,60-,61+/m0/s1. The second-order valence-electron chi connectivity index (χ2n) is 23.0. The van der Waals surface area contributed by atoms with Gasteiger partial charge in [-0.05, 0) is 137 Å². The lowest BCUT2D eigenvalue weighted by atomic mass is 9.46. The van der Waals surface area contributed by atoms with Gasteiger partial charge < -0.3 is 39.0 Å². The third kappa shape index (κ3) is 13.2. The Balaban J connectivity index is 0.785. The number of hydrogen-bond acceptors (Lipinski definition) is 12. The molecule has 0 spiro atoms. The van der Waals surface area contributed by atoms with Crippen molar-refractivity contribution in [1.82, 2.24) is 5.32 Å². The van der Waals surface area contributed by atoms with Crippen molar-refractivity contribution in [2.75, 3.05) is 32.9 Å². The van der Waals surface area contributed by atoms with Gasteiger partial charge >= 0.3 is 13.8 Å². The summed E-state index contributed by atoms with van der Waals surface area (Å²) in [4.78, 5) is 60.4. The largest absolute Gasteiger partial charge is 0.524 e. The fourth-order valence-corrected chi connectivity index (χ4v) is 14.6. The van der Waals surface area contributed by atoms with Gasteiger partial charge in [0.2, 0.25) is 5.78 Å². The molecular formula is C61H80N2O13P+. The van der Waals surface area contributed by atoms with E-state index >= 15 is 0 Å². The molecule has 2 aromatic carbocycles. The maximum Gasteiger partial charge on any atom is 0.524 e. The fraction of sp³-hybridized carbons (Fsp3) is 0.574. The lowest BCUT2D eigenvalue weighted by Gasteiger charge is -2.59. The highest BCUT2D eigenvalue weighted by Crippen LogP contribution is 2.70. The van der Waals surface area contributed by atoms with Gasteiger partial charge in [-0.15, -0.1) is 0 Å². The molecule has 1 aromatic heterocycles. The third-order valence-electron chi connectivity index (χ3n) is 18.0. The van der Waals surface area contributed by atoms with Crippen molar-refractivity contribution in [3.05, 3.63) is 125 Å². The van der Waals surface area contributed by atoms with E-state index in [4.69, 9.17) is 23.5 Å². The zero-order valence-corrected chi connectivity index (χ0v) is 45.7. The van der Waals surface area contributed by atoms with Gasteiger partial charge in [0.15, 0.2) is 43.2 Å². The monoisotopic (exact) mass is 1080 g/mol. The number of pyridine rings is 1. The number of unbranched alkanes of at least 4 members (excludes halogenated alkanes) is 4. The Morgan fingerprint density at radius 3 is 2.53 bits per heavy atom. The van der Waals surface area contributed by atoms with Crippen LogP contribution in [-0.4, -0.2) is 94.5 Å². The number of allylic oxidation sites excluding steroid dienone is 4. The summed E-state index contributed by atoms with van der Waals surface area (Å²) in [7, 11) is -4.93. The van der Waals surface area contributed by atoms with Gasteiger partial charge in [0.1, 0.15) is 5.75 Å². The molecule has 0 radical (unpaired) electrons. The summed E-state index contributed by atoms with van der Waals surface area (Å²) < 4.78 is 44.2. The van der Waals surface area contributed by atoms with Crippen molar-refractivity contribution in [3.63, 3.8) is 0 Å². The minimum absolute atomic E-state index is 0.0150. The zero-order valence-electron chi connectivity index (χ0n) is 44.8. The number of phosphoric ester groups is 1. The summed E-state index contributed by atoms with van der Waals surface area (Å²) in [6.45, 7) is 6.31. The number of rotatable bonds is 25. The van der Waals surface area contributed by atoms with Crippen molar-refractivity contribution in [3.8, 4) is 5.75 Å². The van der Waals surface area contributed by atoms with Crippen LogP contribution in [0.3, 0.4) is 0 Å². The van der Waals surface area contributed by atoms with Crippen LogP contribution in [0.25, 0.3) is 6.08 Å². The van der Waals surface area contributed by atoms with Gasteiger partial charge in [-0.2, -0.15) is 0 Å². The molecule has 5 unspecified atom stereocenters. The van der Waals surface area contributed by atoms with Gasteiger partial charge in [0.25, 0.3) is 0 Å². The highest BCUT2D eigenvalue weighted by Gasteiger charge is 2.76. The topological polar surface area (TPSA) is 211 Å². The number of aryl methyl sites for hydroxylation is 1. The van der Waals surface area contributed by atoms with Crippen LogP contribution >= 0.6 is 7.82 Å². The van der Waals surface area contributed by atoms with Crippen LogP contribution in [-0.2, 0) is 50.9 Å². The Labute approximate surface area is 453 Å². The smallest absolute Gasteiger partial charge is 0.454 e. The number of nitrogens with one attached hydrogen (secondary N) is 1. The van der Waals surface area contributed by atoms with Crippen LogP contribution in [0.5, 0.6) is 5.75 Å². The zero-order chi connectivity index (χ0) is 54.2. The van der Waals surface area contributed by atoms with Crippen LogP contribution in [0.15, 0.2) is 103 Å². The van der Waals surface area contributed by atoms with E-state index in [1.165, 1.54) is 17.7 Å². The van der Waals surface area contributed by atoms with Gasteiger partial charge in [-0.1, -0.05) is 94.0 Å². The summed E-state index contributed by atoms with van der Waals surface area (Å²) in [5, 5.41) is 26.7. The highest BCUT2D eigenvalue weighted by molar-refractivity contribution is 7.46. The Morgan fingerprint density at radius 1 is 0.961 bits per heavy atom. The molecule has 9 rings (SSSR count). The summed E-state index contributed by atoms with van der Waals surface area (Å²) in [6, 6.07) is 18.7. The summed E-state index contributed by atoms with van der Waals surface area (Å²) in [5.41, 5.74) is 1.26. The predicted molar refractivity (Wildman–Crippen MR) is 289 cm³/mol. The van der Waals surface area contributed by atoms with Gasteiger partial charge in [0, 0.05) is 60.1 Å². The number of carbonyl (C=O) groups is 3. The number of ketones is 2. The molecule has 416 valence electrons. The molecule has 5 fully saturated rings. The number of aliphatic hydroxyl groups excluding tert-OH is 2. The van der Waals surface area contributed by atoms with Gasteiger partial charge in [-0.3, -0.25) is 19.4 Å². The Morgan fingerprint density at radius 2 is 1.74 bits per heavy atom. The van der Waals surface area contributed by atoms with E-state index in [1.54, 1.807) is 59.5 Å². The third-order valence-corrected chi connectivity index (χ3v) is 18.4. The van der Waals surface area contributed by atoms with Crippen molar-refractivity contribution < 1.29 is 67.0 Å². The van der Waals surface area contributed by atoms with E-state index in [9.17, 15) is 38.9 Å². The second kappa shape index (κ2) is 25.2. The summed E-state index contributed by atoms with van der Waals surface area (Å²) >= 11 is 0. The van der Waals surface area contributed by atoms with E-state index in [0.717, 1.165) is 115 Å². The number of benzene rings is 2. The number of esters is 1. The number of hydrogen-bond donors (Lipinski definition) is 5. The molecule has 1 aliphatic heterocycles. The first-order valence-corrected chi connectivity index (χ1v) is 29.8. The van der Waals surface area contributed by atoms with Crippen LogP contribution in [0.2, 0.25) is 0 Å². The molecule has 16 heteroatoms. The van der Waals surface area contributed by atoms with E-state index in [1.807, 2.05) is 12.1 Å². The molecule has 5 N–H and O–H groups in total. The molecule has 5 aliphatic carbocycles. The molecule has 6 aliphatic rings. The number of Topliss-reactive ketones (excluding diaryl/α,β-unsaturated/α-hetero) is 1. The van der Waals surface area contributed by atoms with E-state index in [-0.39, 0.29) is 54.1 Å². The van der Waals surface area contributed by atoms with Crippen molar-refractivity contribution in [1.29, 1.82) is 0 Å². The Kier molecular flexibility index (Phi) is 18.7. The molecule has 2 heterocycles. The quantitative estimate of drug-likeness (QED) is 0.0177. The van der Waals surface area contributed by atoms with Crippen molar-refractivity contribution in [2.45, 2.75) is 153 Å². The predicted octanol–water partition coefficient (Wildman–Crippen LogP) is 8.79. The molecule has 3 aromatic rings. The average molecular weight is 1080 g/mol. The number of aromatic nitrogens is 1. The van der Waals surface area contributed by atoms with Crippen LogP contribution < -0.4 is 14.4 Å². The van der Waals surface area contributed by atoms with Crippen LogP contribution in [0, 0.1) is 34.5 Å². The highest BCUT2D eigenvalue weighted by atomic mass is 31.2. The number of carbonyl (C=O) groups excluding carboxylic acids is 3. The summed E-state index contributed by atoms with van der Waals surface area (Å²) in [6.07, 6.45) is 23.7. The number of ether oxygens (including phenoxy) is 4. The normalized spacial score (nSPS) is 29.3. The summed E-state index contributed by atoms with van der Waals surface area (Å²) in [5.74, 6) is -1.13. The first-order valence-electron chi connectivity index (χ1n) is 28.3. The van der Waals surface area contributed by atoms with E-state index in [0.29, 0.717) is 29.5 Å². The molecular weight excluding hydrogens is 1000 g/mol. The number of phosphoric acid groups is 1. The number of fused-ring (bicyclic) bond motifs is 7. The molecule has 1 saturated heterocycles. The minimum Gasteiger partial charge on any atom is -0.454 e. The lowest BCUT2D eigenvalue weighted by Crippen LogP contribution is -2.63. The SMILES string of the molecule is C[C@]12C=CC(=O)C=C1CCC1C2C(O)C[C@@]2(C)C1C[C@@H]1O[C@@H](C3CCCCC3)O[C@]12C(=O)COC(=O)C=Cc1ccc[n+](Cc2cc(C(O)CNCCCCCCOCCCCc3ccccc3)ccc2OP(=O)(O)O)c1. The second-order valence-corrected chi connectivity index (χ2v) is 24.2. The lowest BCUT2D eigenvalue weighted by molar-refractivity contribution is -0.688.